The normalized spacial score (nSPS) is 17.4. The Morgan fingerprint density at radius 2 is 2.08 bits per heavy atom. The molecule has 1 aliphatic rings. The summed E-state index contributed by atoms with van der Waals surface area (Å²) in [4.78, 5) is 29.9. The molecule has 3 aromatic rings. The van der Waals surface area contributed by atoms with Crippen molar-refractivity contribution >= 4 is 50.0 Å². The van der Waals surface area contributed by atoms with Gasteiger partial charge in [0.1, 0.15) is 5.01 Å². The monoisotopic (exact) mass is 370 g/mol. The zero-order valence-electron chi connectivity index (χ0n) is 13.5. The average molecular weight is 371 g/mol. The number of aryl methyl sites for hydroxylation is 1. The number of benzene rings is 2. The van der Waals surface area contributed by atoms with Gasteiger partial charge in [0.2, 0.25) is 11.1 Å². The summed E-state index contributed by atoms with van der Waals surface area (Å²) in [6.07, 6.45) is 0.182. The standard InChI is InChI=1S/C19H15ClN2O2S/c1-11-8-12(19-21-14-4-2-3-5-16(14)25-19)6-7-15(11)22-10-13(18(20)24)9-17(22)23/h2-8,13H,9-10H2,1H3/t13-/m1/s1. The molecule has 126 valence electrons. The molecule has 0 saturated carbocycles. The molecule has 2 heterocycles. The maximum Gasteiger partial charge on any atom is 0.227 e. The third-order valence-electron chi connectivity index (χ3n) is 4.47. The van der Waals surface area contributed by atoms with E-state index in [9.17, 15) is 9.59 Å². The maximum absolute atomic E-state index is 12.2. The number of para-hydroxylation sites is 1. The number of rotatable bonds is 3. The third kappa shape index (κ3) is 2.94. The lowest BCUT2D eigenvalue weighted by Gasteiger charge is -2.19. The van der Waals surface area contributed by atoms with Crippen molar-refractivity contribution in [3.8, 4) is 10.6 Å². The average Bonchev–Trinajstić information content (AvgIpc) is 3.18. The summed E-state index contributed by atoms with van der Waals surface area (Å²) in [5.74, 6) is -0.479. The van der Waals surface area contributed by atoms with E-state index in [-0.39, 0.29) is 12.3 Å². The molecule has 0 spiro atoms. The number of fused-ring (bicyclic) bond motifs is 1. The lowest BCUT2D eigenvalue weighted by molar-refractivity contribution is -0.120. The van der Waals surface area contributed by atoms with Gasteiger partial charge in [0.15, 0.2) is 0 Å². The Labute approximate surface area is 154 Å². The van der Waals surface area contributed by atoms with Gasteiger partial charge in [-0.15, -0.1) is 11.3 Å². The van der Waals surface area contributed by atoms with Crippen LogP contribution < -0.4 is 4.90 Å². The molecule has 0 N–H and O–H groups in total. The highest BCUT2D eigenvalue weighted by molar-refractivity contribution is 7.21. The molecule has 0 bridgehead atoms. The highest BCUT2D eigenvalue weighted by atomic mass is 35.5. The van der Waals surface area contributed by atoms with Crippen LogP contribution in [0.5, 0.6) is 0 Å². The van der Waals surface area contributed by atoms with Gasteiger partial charge < -0.3 is 4.90 Å². The molecule has 0 aliphatic carbocycles. The molecule has 4 nitrogen and oxygen atoms in total. The SMILES string of the molecule is Cc1cc(-c2nc3ccccc3s2)ccc1N1C[C@H](C(=O)Cl)CC1=O. The van der Waals surface area contributed by atoms with E-state index in [2.05, 4.69) is 11.1 Å². The number of carbonyl (C=O) groups is 2. The third-order valence-corrected chi connectivity index (χ3v) is 5.87. The number of anilines is 1. The predicted molar refractivity (Wildman–Crippen MR) is 101 cm³/mol. The zero-order valence-corrected chi connectivity index (χ0v) is 15.1. The highest BCUT2D eigenvalue weighted by Crippen LogP contribution is 2.34. The van der Waals surface area contributed by atoms with Gasteiger partial charge in [0.25, 0.3) is 0 Å². The van der Waals surface area contributed by atoms with Crippen LogP contribution >= 0.6 is 22.9 Å². The van der Waals surface area contributed by atoms with E-state index in [0.717, 1.165) is 32.0 Å². The van der Waals surface area contributed by atoms with Gasteiger partial charge in [0, 0.05) is 24.2 Å². The van der Waals surface area contributed by atoms with E-state index >= 15 is 0 Å². The minimum atomic E-state index is -0.445. The first kappa shape index (κ1) is 16.2. The van der Waals surface area contributed by atoms with Crippen molar-refractivity contribution in [2.24, 2.45) is 5.92 Å². The molecule has 1 atom stereocenters. The van der Waals surface area contributed by atoms with Crippen LogP contribution in [-0.2, 0) is 9.59 Å². The van der Waals surface area contributed by atoms with Crippen molar-refractivity contribution in [1.82, 2.24) is 4.98 Å². The molecule has 1 aliphatic heterocycles. The van der Waals surface area contributed by atoms with Gasteiger partial charge in [-0.2, -0.15) is 0 Å². The first-order valence-corrected chi connectivity index (χ1v) is 9.18. The summed E-state index contributed by atoms with van der Waals surface area (Å²) < 4.78 is 1.15. The molecule has 1 amide bonds. The molecule has 6 heteroatoms. The fraction of sp³-hybridized carbons (Fsp3) is 0.211. The van der Waals surface area contributed by atoms with Crippen molar-refractivity contribution in [3.63, 3.8) is 0 Å². The van der Waals surface area contributed by atoms with Gasteiger partial charge in [-0.25, -0.2) is 4.98 Å². The van der Waals surface area contributed by atoms with Crippen molar-refractivity contribution in [3.05, 3.63) is 48.0 Å². The number of halogens is 1. The smallest absolute Gasteiger partial charge is 0.227 e. The van der Waals surface area contributed by atoms with Crippen LogP contribution in [0.4, 0.5) is 5.69 Å². The Morgan fingerprint density at radius 1 is 1.28 bits per heavy atom. The van der Waals surface area contributed by atoms with E-state index < -0.39 is 11.2 Å². The Morgan fingerprint density at radius 3 is 2.76 bits per heavy atom. The van der Waals surface area contributed by atoms with Crippen molar-refractivity contribution in [1.29, 1.82) is 0 Å². The molecule has 1 fully saturated rings. The lowest BCUT2D eigenvalue weighted by Crippen LogP contribution is -2.25. The van der Waals surface area contributed by atoms with Crippen molar-refractivity contribution < 1.29 is 9.59 Å². The molecule has 1 aromatic heterocycles. The van der Waals surface area contributed by atoms with E-state index in [4.69, 9.17) is 11.6 Å². The summed E-state index contributed by atoms with van der Waals surface area (Å²) in [5, 5.41) is 0.511. The van der Waals surface area contributed by atoms with Gasteiger partial charge in [-0.05, 0) is 54.4 Å². The Kier molecular flexibility index (Phi) is 4.06. The van der Waals surface area contributed by atoms with Crippen molar-refractivity contribution in [2.75, 3.05) is 11.4 Å². The largest absolute Gasteiger partial charge is 0.311 e. The molecular formula is C19H15ClN2O2S. The van der Waals surface area contributed by atoms with Gasteiger partial charge in [0.05, 0.1) is 16.1 Å². The van der Waals surface area contributed by atoms with E-state index in [1.807, 2.05) is 43.3 Å². The molecule has 1 saturated heterocycles. The molecular weight excluding hydrogens is 356 g/mol. The van der Waals surface area contributed by atoms with Crippen LogP contribution in [0.3, 0.4) is 0 Å². The van der Waals surface area contributed by atoms with Crippen LogP contribution in [0.1, 0.15) is 12.0 Å². The zero-order chi connectivity index (χ0) is 17.6. The van der Waals surface area contributed by atoms with Crippen LogP contribution in [0.25, 0.3) is 20.8 Å². The van der Waals surface area contributed by atoms with Crippen LogP contribution in [0, 0.1) is 12.8 Å². The van der Waals surface area contributed by atoms with Gasteiger partial charge >= 0.3 is 0 Å². The number of carbonyl (C=O) groups excluding carboxylic acids is 2. The number of thiazole rings is 1. The number of hydrogen-bond donors (Lipinski definition) is 0. The van der Waals surface area contributed by atoms with E-state index in [0.29, 0.717) is 6.54 Å². The second-order valence-corrected chi connectivity index (χ2v) is 7.60. The first-order valence-electron chi connectivity index (χ1n) is 7.99. The molecule has 0 radical (unpaired) electrons. The molecule has 25 heavy (non-hydrogen) atoms. The first-order chi connectivity index (χ1) is 12.0. The molecule has 4 rings (SSSR count). The van der Waals surface area contributed by atoms with Gasteiger partial charge in [-0.3, -0.25) is 9.59 Å². The van der Waals surface area contributed by atoms with Gasteiger partial charge in [-0.1, -0.05) is 12.1 Å². The number of nitrogens with zero attached hydrogens (tertiary/aromatic N) is 2. The topological polar surface area (TPSA) is 50.3 Å². The van der Waals surface area contributed by atoms with Crippen LogP contribution in [0.15, 0.2) is 42.5 Å². The quantitative estimate of drug-likeness (QED) is 0.642. The van der Waals surface area contributed by atoms with Crippen LogP contribution in [0.2, 0.25) is 0 Å². The minimum Gasteiger partial charge on any atom is -0.311 e. The second-order valence-electron chi connectivity index (χ2n) is 6.20. The summed E-state index contributed by atoms with van der Waals surface area (Å²) in [5.41, 5.74) is 3.82. The molecule has 0 unspecified atom stereocenters. The number of aromatic nitrogens is 1. The summed E-state index contributed by atoms with van der Waals surface area (Å²) in [6.45, 7) is 2.32. The fourth-order valence-corrected chi connectivity index (χ4v) is 4.29. The minimum absolute atomic E-state index is 0.0603. The van der Waals surface area contributed by atoms with E-state index in [1.54, 1.807) is 16.2 Å². The Hall–Kier alpha value is -2.24. The van der Waals surface area contributed by atoms with Crippen LogP contribution in [-0.4, -0.2) is 22.7 Å². The summed E-state index contributed by atoms with van der Waals surface area (Å²) in [6, 6.07) is 14.0. The Balaban J connectivity index is 1.67. The number of hydrogen-bond acceptors (Lipinski definition) is 4. The second kappa shape index (κ2) is 6.24. The Bertz CT molecular complexity index is 965. The van der Waals surface area contributed by atoms with Crippen molar-refractivity contribution in [2.45, 2.75) is 13.3 Å². The predicted octanol–water partition coefficient (Wildman–Crippen LogP) is 4.39. The number of amides is 1. The summed E-state index contributed by atoms with van der Waals surface area (Å²) in [7, 11) is 0. The van der Waals surface area contributed by atoms with E-state index in [1.165, 1.54) is 0 Å². The highest BCUT2D eigenvalue weighted by Gasteiger charge is 2.34. The summed E-state index contributed by atoms with van der Waals surface area (Å²) >= 11 is 7.21. The maximum atomic E-state index is 12.2. The fourth-order valence-electron chi connectivity index (χ4n) is 3.18. The molecule has 2 aromatic carbocycles. The lowest BCUT2D eigenvalue weighted by atomic mass is 10.1.